The summed E-state index contributed by atoms with van der Waals surface area (Å²) in [6.07, 6.45) is -0.541. The number of ether oxygens (including phenoxy) is 1. The number of rotatable bonds is 5. The lowest BCUT2D eigenvalue weighted by Gasteiger charge is -2.10. The lowest BCUT2D eigenvalue weighted by atomic mass is 10.3. The molecule has 0 saturated carbocycles. The van der Waals surface area contributed by atoms with Crippen LogP contribution in [0.3, 0.4) is 0 Å². The summed E-state index contributed by atoms with van der Waals surface area (Å²) in [7, 11) is 1.54. The van der Waals surface area contributed by atoms with Crippen LogP contribution in [0.4, 0.5) is 5.82 Å². The van der Waals surface area contributed by atoms with Crippen molar-refractivity contribution in [1.29, 1.82) is 0 Å². The number of nitrogens with zero attached hydrogens (tertiary/aromatic N) is 1. The van der Waals surface area contributed by atoms with Crippen molar-refractivity contribution in [1.82, 2.24) is 4.98 Å². The van der Waals surface area contributed by atoms with E-state index in [1.807, 2.05) is 0 Å². The first-order valence-corrected chi connectivity index (χ1v) is 4.63. The van der Waals surface area contributed by atoms with E-state index in [1.54, 1.807) is 25.3 Å². The number of aliphatic hydroxyl groups is 1. The van der Waals surface area contributed by atoms with Gasteiger partial charge in [0.05, 0.1) is 12.7 Å². The molecule has 0 bridgehead atoms. The molecule has 1 aromatic heterocycles. The van der Waals surface area contributed by atoms with Gasteiger partial charge in [-0.3, -0.25) is 0 Å². The van der Waals surface area contributed by atoms with E-state index in [4.69, 9.17) is 16.3 Å². The Hall–Kier alpha value is -0.840. The molecule has 0 radical (unpaired) electrons. The molecule has 0 spiro atoms. The number of nitrogens with one attached hydrogen (secondary N) is 1. The average Bonchev–Trinajstić information content (AvgIpc) is 2.15. The quantitative estimate of drug-likeness (QED) is 0.726. The maximum Gasteiger partial charge on any atom is 0.131 e. The van der Waals surface area contributed by atoms with Crippen molar-refractivity contribution in [2.24, 2.45) is 0 Å². The van der Waals surface area contributed by atoms with Crippen LogP contribution in [0.1, 0.15) is 0 Å². The second kappa shape index (κ2) is 5.80. The summed E-state index contributed by atoms with van der Waals surface area (Å²) in [5, 5.41) is 12.7. The Kier molecular flexibility index (Phi) is 4.65. The molecule has 0 aliphatic heterocycles. The highest BCUT2D eigenvalue weighted by Crippen LogP contribution is 2.08. The third-order valence-electron chi connectivity index (χ3n) is 1.59. The molecule has 2 N–H and O–H groups in total. The molecule has 1 unspecified atom stereocenters. The highest BCUT2D eigenvalue weighted by atomic mass is 35.5. The minimum absolute atomic E-state index is 0.299. The highest BCUT2D eigenvalue weighted by molar-refractivity contribution is 6.29. The van der Waals surface area contributed by atoms with Gasteiger partial charge in [-0.15, -0.1) is 0 Å². The maximum absolute atomic E-state index is 9.33. The van der Waals surface area contributed by atoms with E-state index >= 15 is 0 Å². The molecule has 0 saturated heterocycles. The smallest absolute Gasteiger partial charge is 0.131 e. The second-order valence-electron chi connectivity index (χ2n) is 2.84. The van der Waals surface area contributed by atoms with Gasteiger partial charge in [0.2, 0.25) is 0 Å². The van der Waals surface area contributed by atoms with Gasteiger partial charge in [0.1, 0.15) is 11.0 Å². The second-order valence-corrected chi connectivity index (χ2v) is 3.22. The fourth-order valence-electron chi connectivity index (χ4n) is 0.980. The highest BCUT2D eigenvalue weighted by Gasteiger charge is 2.03. The Labute approximate surface area is 87.9 Å². The summed E-state index contributed by atoms with van der Waals surface area (Å²) in [4.78, 5) is 4.01. The van der Waals surface area contributed by atoms with Crippen LogP contribution in [-0.2, 0) is 4.74 Å². The molecule has 0 aliphatic rings. The zero-order valence-electron chi connectivity index (χ0n) is 7.90. The SMILES string of the molecule is COCC(O)CNc1cccc(Cl)n1. The molecule has 0 aromatic carbocycles. The monoisotopic (exact) mass is 216 g/mol. The lowest BCUT2D eigenvalue weighted by molar-refractivity contribution is 0.0727. The van der Waals surface area contributed by atoms with Gasteiger partial charge in [-0.2, -0.15) is 0 Å². The van der Waals surface area contributed by atoms with Gasteiger partial charge < -0.3 is 15.2 Å². The van der Waals surface area contributed by atoms with Gasteiger partial charge in [-0.05, 0) is 12.1 Å². The molecule has 1 aromatic rings. The van der Waals surface area contributed by atoms with Crippen LogP contribution in [0, 0.1) is 0 Å². The first-order valence-electron chi connectivity index (χ1n) is 4.26. The first kappa shape index (κ1) is 11.2. The molecule has 0 amide bonds. The molecule has 1 heterocycles. The van der Waals surface area contributed by atoms with Crippen molar-refractivity contribution in [3.05, 3.63) is 23.4 Å². The Morgan fingerprint density at radius 3 is 3.07 bits per heavy atom. The van der Waals surface area contributed by atoms with Crippen LogP contribution in [0.5, 0.6) is 0 Å². The maximum atomic E-state index is 9.33. The van der Waals surface area contributed by atoms with Crippen LogP contribution in [0.15, 0.2) is 18.2 Å². The fraction of sp³-hybridized carbons (Fsp3) is 0.444. The van der Waals surface area contributed by atoms with E-state index in [0.29, 0.717) is 24.1 Å². The standard InChI is InChI=1S/C9H13ClN2O2/c1-14-6-7(13)5-11-9-4-2-3-8(10)12-9/h2-4,7,13H,5-6H2,1H3,(H,11,12). The molecule has 0 aliphatic carbocycles. The van der Waals surface area contributed by atoms with E-state index in [-0.39, 0.29) is 0 Å². The van der Waals surface area contributed by atoms with Crippen molar-refractivity contribution in [3.63, 3.8) is 0 Å². The Balaban J connectivity index is 2.37. The molecule has 5 heteroatoms. The van der Waals surface area contributed by atoms with Gasteiger partial charge in [-0.1, -0.05) is 17.7 Å². The summed E-state index contributed by atoms with van der Waals surface area (Å²) in [6.45, 7) is 0.689. The number of halogens is 1. The number of methoxy groups -OCH3 is 1. The third kappa shape index (κ3) is 3.91. The lowest BCUT2D eigenvalue weighted by Crippen LogP contribution is -2.24. The van der Waals surface area contributed by atoms with Crippen LogP contribution in [0.2, 0.25) is 5.15 Å². The minimum Gasteiger partial charge on any atom is -0.389 e. The molecular weight excluding hydrogens is 204 g/mol. The fourth-order valence-corrected chi connectivity index (χ4v) is 1.14. The normalized spacial score (nSPS) is 12.5. The Morgan fingerprint density at radius 2 is 2.43 bits per heavy atom. The van der Waals surface area contributed by atoms with Crippen molar-refractivity contribution < 1.29 is 9.84 Å². The predicted octanol–water partition coefficient (Wildman–Crippen LogP) is 1.15. The van der Waals surface area contributed by atoms with E-state index in [0.717, 1.165) is 0 Å². The van der Waals surface area contributed by atoms with Crippen molar-refractivity contribution >= 4 is 17.4 Å². The van der Waals surface area contributed by atoms with Gasteiger partial charge in [0.25, 0.3) is 0 Å². The van der Waals surface area contributed by atoms with Crippen molar-refractivity contribution in [3.8, 4) is 0 Å². The van der Waals surface area contributed by atoms with Crippen LogP contribution >= 0.6 is 11.6 Å². The predicted molar refractivity (Wildman–Crippen MR) is 55.6 cm³/mol. The molecule has 1 rings (SSSR count). The average molecular weight is 217 g/mol. The summed E-state index contributed by atoms with van der Waals surface area (Å²) >= 11 is 5.68. The van der Waals surface area contributed by atoms with E-state index in [2.05, 4.69) is 10.3 Å². The molecule has 4 nitrogen and oxygen atoms in total. The summed E-state index contributed by atoms with van der Waals surface area (Å²) < 4.78 is 4.78. The molecule has 1 atom stereocenters. The minimum atomic E-state index is -0.541. The van der Waals surface area contributed by atoms with Gasteiger partial charge >= 0.3 is 0 Å². The number of hydrogen-bond acceptors (Lipinski definition) is 4. The number of anilines is 1. The van der Waals surface area contributed by atoms with Crippen LogP contribution in [0.25, 0.3) is 0 Å². The van der Waals surface area contributed by atoms with E-state index in [9.17, 15) is 5.11 Å². The Bertz CT molecular complexity index is 283. The zero-order chi connectivity index (χ0) is 10.4. The molecule has 78 valence electrons. The number of aliphatic hydroxyl groups excluding tert-OH is 1. The van der Waals surface area contributed by atoms with E-state index in [1.165, 1.54) is 0 Å². The van der Waals surface area contributed by atoms with Crippen LogP contribution in [-0.4, -0.2) is 36.5 Å². The van der Waals surface area contributed by atoms with Crippen molar-refractivity contribution in [2.45, 2.75) is 6.10 Å². The van der Waals surface area contributed by atoms with Crippen molar-refractivity contribution in [2.75, 3.05) is 25.6 Å². The largest absolute Gasteiger partial charge is 0.389 e. The van der Waals surface area contributed by atoms with Crippen LogP contribution < -0.4 is 5.32 Å². The van der Waals surface area contributed by atoms with E-state index < -0.39 is 6.10 Å². The molecule has 14 heavy (non-hydrogen) atoms. The summed E-state index contributed by atoms with van der Waals surface area (Å²) in [5.41, 5.74) is 0. The number of aromatic nitrogens is 1. The number of pyridine rings is 1. The number of hydrogen-bond donors (Lipinski definition) is 2. The Morgan fingerprint density at radius 1 is 1.64 bits per heavy atom. The van der Waals surface area contributed by atoms with Gasteiger partial charge in [0, 0.05) is 13.7 Å². The molecule has 0 fully saturated rings. The third-order valence-corrected chi connectivity index (χ3v) is 1.80. The first-order chi connectivity index (χ1) is 6.72. The van der Waals surface area contributed by atoms with Gasteiger partial charge in [-0.25, -0.2) is 4.98 Å². The summed E-state index contributed by atoms with van der Waals surface area (Å²) in [6, 6.07) is 5.27. The molecular formula is C9H13ClN2O2. The topological polar surface area (TPSA) is 54.4 Å². The summed E-state index contributed by atoms with van der Waals surface area (Å²) in [5.74, 6) is 0.646. The zero-order valence-corrected chi connectivity index (χ0v) is 8.66. The van der Waals surface area contributed by atoms with Gasteiger partial charge in [0.15, 0.2) is 0 Å².